The number of imidazole rings is 1. The number of halogens is 1. The SMILES string of the molecule is CC(C)Oc1c(C(=O)O)cn2cc([C@@]34CC[C@@](C)(C3)OC4)nc2c1F. The first-order valence-corrected chi connectivity index (χ1v) is 8.49. The standard InChI is InChI=1S/C18H21FN2O4/c1-10(2)25-14-11(16(22)23)6-21-7-12(20-15(21)13(14)19)18-5-4-17(3,8-18)24-9-18/h6-7,10H,4-5,8-9H2,1-3H3,(H,22,23)/t17-,18-/m0/s1. The third-order valence-electron chi connectivity index (χ3n) is 5.31. The van der Waals surface area contributed by atoms with Gasteiger partial charge < -0.3 is 19.0 Å². The summed E-state index contributed by atoms with van der Waals surface area (Å²) in [5.41, 5.74) is 0.289. The molecule has 2 aromatic heterocycles. The molecular weight excluding hydrogens is 327 g/mol. The number of ether oxygens (including phenoxy) is 2. The summed E-state index contributed by atoms with van der Waals surface area (Å²) in [5.74, 6) is -2.23. The van der Waals surface area contributed by atoms with Gasteiger partial charge in [-0.25, -0.2) is 9.78 Å². The molecule has 3 heterocycles. The highest BCUT2D eigenvalue weighted by molar-refractivity contribution is 5.91. The molecule has 2 aliphatic rings. The molecule has 1 saturated carbocycles. The predicted octanol–water partition coefficient (Wildman–Crippen LogP) is 3.17. The van der Waals surface area contributed by atoms with Crippen molar-refractivity contribution in [1.82, 2.24) is 9.38 Å². The van der Waals surface area contributed by atoms with Crippen molar-refractivity contribution >= 4 is 11.6 Å². The molecule has 2 fully saturated rings. The summed E-state index contributed by atoms with van der Waals surface area (Å²) >= 11 is 0. The molecule has 4 rings (SSSR count). The van der Waals surface area contributed by atoms with E-state index in [0.29, 0.717) is 6.61 Å². The van der Waals surface area contributed by atoms with Crippen LogP contribution in [0.15, 0.2) is 12.4 Å². The van der Waals surface area contributed by atoms with Crippen LogP contribution in [0.5, 0.6) is 5.75 Å². The molecule has 0 aromatic carbocycles. The van der Waals surface area contributed by atoms with Crippen LogP contribution in [0, 0.1) is 5.82 Å². The van der Waals surface area contributed by atoms with E-state index in [0.717, 1.165) is 25.0 Å². The van der Waals surface area contributed by atoms with Crippen LogP contribution in [-0.2, 0) is 10.2 Å². The molecule has 1 saturated heterocycles. The maximum absolute atomic E-state index is 15.0. The molecule has 25 heavy (non-hydrogen) atoms. The zero-order valence-electron chi connectivity index (χ0n) is 14.5. The van der Waals surface area contributed by atoms with E-state index in [9.17, 15) is 14.3 Å². The van der Waals surface area contributed by atoms with Gasteiger partial charge in [-0.3, -0.25) is 0 Å². The molecule has 0 amide bonds. The number of aromatic nitrogens is 2. The highest BCUT2D eigenvalue weighted by Gasteiger charge is 2.55. The predicted molar refractivity (Wildman–Crippen MR) is 87.8 cm³/mol. The van der Waals surface area contributed by atoms with Crippen LogP contribution in [0.25, 0.3) is 5.65 Å². The lowest BCUT2D eigenvalue weighted by molar-refractivity contribution is -0.00627. The Morgan fingerprint density at radius 2 is 2.20 bits per heavy atom. The second-order valence-electron chi connectivity index (χ2n) is 7.71. The van der Waals surface area contributed by atoms with Crippen molar-refractivity contribution in [2.24, 2.45) is 0 Å². The van der Waals surface area contributed by atoms with Gasteiger partial charge in [0, 0.05) is 17.8 Å². The van der Waals surface area contributed by atoms with E-state index in [-0.39, 0.29) is 34.1 Å². The minimum Gasteiger partial charge on any atom is -0.487 e. The molecule has 0 unspecified atom stereocenters. The topological polar surface area (TPSA) is 73.1 Å². The second-order valence-corrected chi connectivity index (χ2v) is 7.71. The maximum Gasteiger partial charge on any atom is 0.341 e. The first-order chi connectivity index (χ1) is 11.7. The fourth-order valence-corrected chi connectivity index (χ4v) is 4.08. The highest BCUT2D eigenvalue weighted by atomic mass is 19.1. The second kappa shape index (κ2) is 5.17. The molecular formula is C18H21FN2O4. The van der Waals surface area contributed by atoms with Crippen molar-refractivity contribution < 1.29 is 23.8 Å². The van der Waals surface area contributed by atoms with Gasteiger partial charge in [0.05, 0.1) is 24.0 Å². The van der Waals surface area contributed by atoms with Crippen LogP contribution in [0.1, 0.15) is 56.1 Å². The number of hydrogen-bond acceptors (Lipinski definition) is 4. The summed E-state index contributed by atoms with van der Waals surface area (Å²) in [4.78, 5) is 16.0. The molecule has 2 atom stereocenters. The Kier molecular flexibility index (Phi) is 3.38. The molecule has 2 bridgehead atoms. The number of carbonyl (C=O) groups is 1. The Morgan fingerprint density at radius 3 is 2.72 bits per heavy atom. The van der Waals surface area contributed by atoms with E-state index in [4.69, 9.17) is 9.47 Å². The Morgan fingerprint density at radius 1 is 1.44 bits per heavy atom. The largest absolute Gasteiger partial charge is 0.487 e. The lowest BCUT2D eigenvalue weighted by Crippen LogP contribution is -2.26. The molecule has 1 aliphatic carbocycles. The maximum atomic E-state index is 15.0. The van der Waals surface area contributed by atoms with E-state index in [2.05, 4.69) is 11.9 Å². The number of nitrogens with zero attached hydrogens (tertiary/aromatic N) is 2. The normalized spacial score (nSPS) is 28.2. The number of pyridine rings is 1. The van der Waals surface area contributed by atoms with Gasteiger partial charge in [-0.15, -0.1) is 0 Å². The molecule has 134 valence electrons. The number of rotatable bonds is 4. The van der Waals surface area contributed by atoms with Crippen molar-refractivity contribution in [1.29, 1.82) is 0 Å². The van der Waals surface area contributed by atoms with Gasteiger partial charge in [-0.1, -0.05) is 0 Å². The summed E-state index contributed by atoms with van der Waals surface area (Å²) in [7, 11) is 0. The number of carboxylic acids is 1. The summed E-state index contributed by atoms with van der Waals surface area (Å²) in [6.45, 7) is 6.10. The van der Waals surface area contributed by atoms with Crippen molar-refractivity contribution in [3.8, 4) is 5.75 Å². The quantitative estimate of drug-likeness (QED) is 0.919. The lowest BCUT2D eigenvalue weighted by atomic mass is 9.84. The molecule has 1 N–H and O–H groups in total. The van der Waals surface area contributed by atoms with Crippen molar-refractivity contribution in [2.75, 3.05) is 6.61 Å². The molecule has 6 nitrogen and oxygen atoms in total. The number of aromatic carboxylic acids is 1. The zero-order valence-corrected chi connectivity index (χ0v) is 14.5. The Labute approximate surface area is 144 Å². The van der Waals surface area contributed by atoms with Crippen LogP contribution in [0.4, 0.5) is 4.39 Å². The monoisotopic (exact) mass is 348 g/mol. The number of hydrogen-bond donors (Lipinski definition) is 1. The first kappa shape index (κ1) is 16.3. The minimum absolute atomic E-state index is 0.0885. The summed E-state index contributed by atoms with van der Waals surface area (Å²) in [6, 6.07) is 0. The van der Waals surface area contributed by atoms with E-state index in [1.54, 1.807) is 20.0 Å². The fraction of sp³-hybridized carbons (Fsp3) is 0.556. The average Bonchev–Trinajstić information content (AvgIpc) is 3.19. The molecule has 0 spiro atoms. The van der Waals surface area contributed by atoms with Crippen LogP contribution < -0.4 is 4.74 Å². The van der Waals surface area contributed by atoms with Crippen LogP contribution in [0.2, 0.25) is 0 Å². The first-order valence-electron chi connectivity index (χ1n) is 8.49. The van der Waals surface area contributed by atoms with Gasteiger partial charge in [0.2, 0.25) is 5.82 Å². The van der Waals surface area contributed by atoms with E-state index < -0.39 is 11.8 Å². The lowest BCUT2D eigenvalue weighted by Gasteiger charge is -2.24. The van der Waals surface area contributed by atoms with Gasteiger partial charge in [0.1, 0.15) is 5.56 Å². The van der Waals surface area contributed by atoms with E-state index in [1.165, 1.54) is 10.6 Å². The number of carboxylic acid groups (broad SMARTS) is 1. The van der Waals surface area contributed by atoms with Crippen molar-refractivity contribution in [3.63, 3.8) is 0 Å². The Bertz CT molecular complexity index is 866. The fourth-order valence-electron chi connectivity index (χ4n) is 4.08. The van der Waals surface area contributed by atoms with E-state index >= 15 is 0 Å². The van der Waals surface area contributed by atoms with Crippen LogP contribution >= 0.6 is 0 Å². The highest BCUT2D eigenvalue weighted by Crippen LogP contribution is 2.53. The smallest absolute Gasteiger partial charge is 0.341 e. The Balaban J connectivity index is 1.86. The number of fused-ring (bicyclic) bond motifs is 3. The van der Waals surface area contributed by atoms with Gasteiger partial charge >= 0.3 is 5.97 Å². The minimum atomic E-state index is -1.23. The molecule has 7 heteroatoms. The Hall–Kier alpha value is -2.15. The third-order valence-corrected chi connectivity index (χ3v) is 5.31. The van der Waals surface area contributed by atoms with E-state index in [1.807, 2.05) is 0 Å². The summed E-state index contributed by atoms with van der Waals surface area (Å²) in [6.07, 6.45) is 5.50. The third kappa shape index (κ3) is 2.40. The molecule has 1 aliphatic heterocycles. The van der Waals surface area contributed by atoms with Gasteiger partial charge in [0.15, 0.2) is 11.4 Å². The zero-order chi connectivity index (χ0) is 18.0. The van der Waals surface area contributed by atoms with Crippen molar-refractivity contribution in [2.45, 2.75) is 57.2 Å². The van der Waals surface area contributed by atoms with Crippen LogP contribution in [-0.4, -0.2) is 38.8 Å². The van der Waals surface area contributed by atoms with Crippen LogP contribution in [0.3, 0.4) is 0 Å². The summed E-state index contributed by atoms with van der Waals surface area (Å²) < 4.78 is 27.7. The van der Waals surface area contributed by atoms with Gasteiger partial charge in [-0.05, 0) is 40.0 Å². The van der Waals surface area contributed by atoms with Gasteiger partial charge in [-0.2, -0.15) is 4.39 Å². The van der Waals surface area contributed by atoms with Gasteiger partial charge in [0.25, 0.3) is 0 Å². The summed E-state index contributed by atoms with van der Waals surface area (Å²) in [5, 5.41) is 9.42. The molecule has 2 aromatic rings. The van der Waals surface area contributed by atoms with Crippen molar-refractivity contribution in [3.05, 3.63) is 29.5 Å². The average molecular weight is 348 g/mol. The molecule has 0 radical (unpaired) electrons.